The van der Waals surface area contributed by atoms with Crippen molar-refractivity contribution in [3.8, 4) is 0 Å². The number of carbonyl (C=O) groups excluding carboxylic acids is 5. The molecule has 17 nitrogen and oxygen atoms in total. The van der Waals surface area contributed by atoms with Crippen molar-refractivity contribution >= 4 is 37.1 Å². The summed E-state index contributed by atoms with van der Waals surface area (Å²) in [5.41, 5.74) is 0.355. The number of nitrogens with zero attached hydrogens (tertiary/aromatic N) is 3. The van der Waals surface area contributed by atoms with Crippen LogP contribution in [0, 0.1) is 0 Å². The van der Waals surface area contributed by atoms with Crippen LogP contribution < -0.4 is 16.0 Å². The first-order chi connectivity index (χ1) is 26.6. The normalized spacial score (nSPS) is 12.0. The number of nitrogens with one attached hydrogen (secondary N) is 3. The molecule has 1 atom stereocenters. The summed E-state index contributed by atoms with van der Waals surface area (Å²) in [6, 6.07) is 0. The zero-order valence-electron chi connectivity index (χ0n) is 34.1. The number of carbonyl (C=O) groups is 5. The van der Waals surface area contributed by atoms with Crippen LogP contribution in [0.15, 0.2) is 12.3 Å². The van der Waals surface area contributed by atoms with Crippen LogP contribution in [0.4, 0.5) is 0 Å². The minimum Gasteiger partial charge on any atom is -0.370 e. The molecule has 0 rings (SSSR count). The number of amides is 5. The van der Waals surface area contributed by atoms with Crippen molar-refractivity contribution in [1.29, 1.82) is 0 Å². The van der Waals surface area contributed by atoms with Gasteiger partial charge in [0.2, 0.25) is 29.5 Å². The second kappa shape index (κ2) is 34.0. The van der Waals surface area contributed by atoms with E-state index in [9.17, 15) is 44.2 Å². The zero-order valence-corrected chi connectivity index (χ0v) is 35.0. The summed E-state index contributed by atoms with van der Waals surface area (Å²) in [4.78, 5) is 68.1. The molecule has 0 heterocycles. The van der Waals surface area contributed by atoms with E-state index in [1.807, 2.05) is 0 Å². The lowest BCUT2D eigenvalue weighted by molar-refractivity contribution is -0.168. The van der Waals surface area contributed by atoms with Gasteiger partial charge in [0.1, 0.15) is 13.3 Å². The highest BCUT2D eigenvalue weighted by atomic mass is 31.2. The Bertz CT molecular complexity index is 1170. The van der Waals surface area contributed by atoms with Crippen molar-refractivity contribution in [2.24, 2.45) is 0 Å². The van der Waals surface area contributed by atoms with Gasteiger partial charge in [-0.05, 0) is 38.5 Å². The van der Waals surface area contributed by atoms with Crippen molar-refractivity contribution in [2.45, 2.75) is 161 Å². The van der Waals surface area contributed by atoms with Crippen LogP contribution in [0.3, 0.4) is 0 Å². The third kappa shape index (κ3) is 34.2. The molecule has 1 unspecified atom stereocenters. The summed E-state index contributed by atoms with van der Waals surface area (Å²) < 4.78 is 15.9. The molecule has 5 amide bonds. The summed E-state index contributed by atoms with van der Waals surface area (Å²) in [6.07, 6.45) is 20.9. The Kier molecular flexibility index (Phi) is 32.1. The molecule has 326 valence electrons. The van der Waals surface area contributed by atoms with Crippen LogP contribution in [-0.4, -0.2) is 105 Å². The first kappa shape index (κ1) is 52.9. The largest absolute Gasteiger partial charge is 0.370 e. The fourth-order valence-electron chi connectivity index (χ4n) is 5.56. The predicted octanol–water partition coefficient (Wildman–Crippen LogP) is 6.10. The third-order valence-electron chi connectivity index (χ3n) is 9.05. The quantitative estimate of drug-likeness (QED) is 0.0124. The summed E-state index contributed by atoms with van der Waals surface area (Å²) in [5, 5.41) is 38.4. The fourth-order valence-corrected chi connectivity index (χ4v) is 6.03. The SMILES string of the molecule is C=C(CCC(=O)N(O)CCCCCNC(=O)CCCCCCCCCCCCCCCCCCOP(C)(=O)O)NCN(O)C(=O)CCC(=O)NCN(O)C(C)=O. The van der Waals surface area contributed by atoms with Gasteiger partial charge in [0.05, 0.1) is 6.61 Å². The topological polar surface area (TPSA) is 238 Å². The fraction of sp³-hybridized carbons (Fsp3) is 0.816. The van der Waals surface area contributed by atoms with Crippen LogP contribution >= 0.6 is 7.60 Å². The Morgan fingerprint density at radius 1 is 0.554 bits per heavy atom. The van der Waals surface area contributed by atoms with E-state index in [1.54, 1.807) is 0 Å². The maximum Gasteiger partial charge on any atom is 0.325 e. The lowest BCUT2D eigenvalue weighted by atomic mass is 10.0. The van der Waals surface area contributed by atoms with Gasteiger partial charge in [-0.3, -0.25) is 44.2 Å². The molecular weight excluding hydrogens is 747 g/mol. The van der Waals surface area contributed by atoms with Gasteiger partial charge in [-0.2, -0.15) is 0 Å². The molecule has 7 N–H and O–H groups in total. The van der Waals surface area contributed by atoms with Crippen LogP contribution in [0.5, 0.6) is 0 Å². The van der Waals surface area contributed by atoms with Gasteiger partial charge < -0.3 is 25.4 Å². The second-order valence-corrected chi connectivity index (χ2v) is 16.2. The number of unbranched alkanes of at least 4 members (excludes halogenated alkanes) is 17. The Hall–Kier alpha value is -3.08. The summed E-state index contributed by atoms with van der Waals surface area (Å²) in [7, 11) is -3.33. The van der Waals surface area contributed by atoms with Crippen molar-refractivity contribution < 1.29 is 53.6 Å². The first-order valence-electron chi connectivity index (χ1n) is 20.5. The van der Waals surface area contributed by atoms with E-state index in [0.717, 1.165) is 58.3 Å². The van der Waals surface area contributed by atoms with Gasteiger partial charge >= 0.3 is 7.60 Å². The van der Waals surface area contributed by atoms with Gasteiger partial charge in [-0.25, -0.2) is 15.2 Å². The highest BCUT2D eigenvalue weighted by Gasteiger charge is 2.16. The molecular formula is C38H73N6O11P. The molecule has 0 saturated carbocycles. The average Bonchev–Trinajstić information content (AvgIpc) is 3.15. The van der Waals surface area contributed by atoms with E-state index < -0.39 is 37.9 Å². The van der Waals surface area contributed by atoms with Crippen molar-refractivity contribution in [3.63, 3.8) is 0 Å². The number of hydroxylamine groups is 6. The molecule has 56 heavy (non-hydrogen) atoms. The third-order valence-corrected chi connectivity index (χ3v) is 9.71. The molecule has 18 heteroatoms. The number of rotatable bonds is 37. The van der Waals surface area contributed by atoms with Gasteiger partial charge in [0.15, 0.2) is 0 Å². The van der Waals surface area contributed by atoms with Crippen LogP contribution in [0.2, 0.25) is 0 Å². The van der Waals surface area contributed by atoms with Crippen molar-refractivity contribution in [3.05, 3.63) is 12.3 Å². The van der Waals surface area contributed by atoms with E-state index >= 15 is 0 Å². The van der Waals surface area contributed by atoms with E-state index in [1.165, 1.54) is 70.9 Å². The minimum absolute atomic E-state index is 0.0402. The summed E-state index contributed by atoms with van der Waals surface area (Å²) in [6.45, 7) is 6.40. The van der Waals surface area contributed by atoms with Gasteiger partial charge in [-0.15, -0.1) is 0 Å². The molecule has 0 fully saturated rings. The minimum atomic E-state index is -3.33. The van der Waals surface area contributed by atoms with Gasteiger partial charge in [0, 0.05) is 58.1 Å². The Balaban J connectivity index is 3.64. The van der Waals surface area contributed by atoms with Crippen molar-refractivity contribution in [1.82, 2.24) is 31.1 Å². The van der Waals surface area contributed by atoms with E-state index in [4.69, 9.17) is 9.42 Å². The maximum atomic E-state index is 12.3. The first-order valence-corrected chi connectivity index (χ1v) is 22.5. The molecule has 0 aromatic carbocycles. The Morgan fingerprint density at radius 2 is 1.00 bits per heavy atom. The standard InChI is InChI=1S/C38H73N6O11P/c1-33(40-31-44(52)38(49)27-25-36(47)41-32-43(51)34(2)45)24-26-37(48)42(50)29-21-18-20-28-39-35(46)23-19-16-14-12-10-8-6-4-5-7-9-11-13-15-17-22-30-55-56(3,53)54/h40,50-52H,1,4-32H2,2-3H3,(H,39,46)(H,41,47)(H,53,54). The molecule has 0 aliphatic heterocycles. The Morgan fingerprint density at radius 3 is 1.54 bits per heavy atom. The molecule has 0 aliphatic rings. The molecule has 0 aliphatic carbocycles. The monoisotopic (exact) mass is 821 g/mol. The molecule has 0 saturated heterocycles. The van der Waals surface area contributed by atoms with Crippen molar-refractivity contribution in [2.75, 3.05) is 39.7 Å². The number of hydrogen-bond acceptors (Lipinski definition) is 11. The molecule has 0 aromatic heterocycles. The van der Waals surface area contributed by atoms with Crippen LogP contribution in [-0.2, 0) is 33.1 Å². The van der Waals surface area contributed by atoms with Gasteiger partial charge in [-0.1, -0.05) is 96.5 Å². The van der Waals surface area contributed by atoms with E-state index in [0.29, 0.717) is 46.9 Å². The number of hydrogen-bond donors (Lipinski definition) is 7. The summed E-state index contributed by atoms with van der Waals surface area (Å²) in [5.74, 6) is -2.46. The van der Waals surface area contributed by atoms with Crippen LogP contribution in [0.25, 0.3) is 0 Å². The molecule has 0 spiro atoms. The Labute approximate surface area is 334 Å². The lowest BCUT2D eigenvalue weighted by Gasteiger charge is -2.19. The lowest BCUT2D eigenvalue weighted by Crippen LogP contribution is -2.39. The molecule has 0 bridgehead atoms. The average molecular weight is 821 g/mol. The zero-order chi connectivity index (χ0) is 42.0. The smallest absolute Gasteiger partial charge is 0.325 e. The second-order valence-electron chi connectivity index (χ2n) is 14.4. The maximum absolute atomic E-state index is 12.3. The predicted molar refractivity (Wildman–Crippen MR) is 212 cm³/mol. The van der Waals surface area contributed by atoms with Crippen LogP contribution in [0.1, 0.15) is 161 Å². The van der Waals surface area contributed by atoms with Gasteiger partial charge in [0.25, 0.3) is 0 Å². The molecule has 0 aromatic rings. The van der Waals surface area contributed by atoms with E-state index in [2.05, 4.69) is 22.5 Å². The number of allylic oxidation sites excluding steroid dienone is 1. The highest BCUT2D eigenvalue weighted by molar-refractivity contribution is 7.51. The van der Waals surface area contributed by atoms with E-state index in [-0.39, 0.29) is 44.8 Å². The molecule has 0 radical (unpaired) electrons. The summed E-state index contributed by atoms with van der Waals surface area (Å²) >= 11 is 0. The highest BCUT2D eigenvalue weighted by Crippen LogP contribution is 2.36.